The molecule has 1 saturated carbocycles. The van der Waals surface area contributed by atoms with Crippen LogP contribution >= 0.6 is 0 Å². The van der Waals surface area contributed by atoms with Gasteiger partial charge in [0.15, 0.2) is 0 Å². The van der Waals surface area contributed by atoms with Gasteiger partial charge in [0.25, 0.3) is 0 Å². The molecule has 0 saturated heterocycles. The molecule has 4 nitrogen and oxygen atoms in total. The molecule has 1 aliphatic rings. The van der Waals surface area contributed by atoms with Crippen molar-refractivity contribution in [1.29, 1.82) is 0 Å². The van der Waals surface area contributed by atoms with E-state index in [1.165, 1.54) is 19.3 Å². The molecule has 2 N–H and O–H groups in total. The van der Waals surface area contributed by atoms with Crippen LogP contribution in [0.15, 0.2) is 0 Å². The lowest BCUT2D eigenvalue weighted by atomic mass is 9.67. The van der Waals surface area contributed by atoms with Crippen molar-refractivity contribution in [3.8, 4) is 0 Å². The van der Waals surface area contributed by atoms with Crippen molar-refractivity contribution in [2.24, 2.45) is 17.3 Å². The Morgan fingerprint density at radius 3 is 2.41 bits per heavy atom. The zero-order valence-electron chi connectivity index (χ0n) is 11.2. The molecule has 0 aromatic rings. The SMILES string of the molecule is CC1CC(CCCC(OO)OO)CC(C)(C)C1. The molecule has 102 valence electrons. The van der Waals surface area contributed by atoms with Crippen LogP contribution in [0.3, 0.4) is 0 Å². The van der Waals surface area contributed by atoms with Crippen LogP contribution in [0.5, 0.6) is 0 Å². The summed E-state index contributed by atoms with van der Waals surface area (Å²) in [6.45, 7) is 7.00. The van der Waals surface area contributed by atoms with Crippen LogP contribution in [-0.4, -0.2) is 16.8 Å². The molecule has 0 radical (unpaired) electrons. The Kier molecular flexibility index (Phi) is 5.86. The number of hydrogen-bond donors (Lipinski definition) is 2. The third-order valence-corrected chi connectivity index (χ3v) is 3.77. The smallest absolute Gasteiger partial charge is 0.223 e. The van der Waals surface area contributed by atoms with Gasteiger partial charge in [0.1, 0.15) is 0 Å². The van der Waals surface area contributed by atoms with Gasteiger partial charge in [-0.25, -0.2) is 20.3 Å². The molecule has 0 bridgehead atoms. The molecule has 0 aromatic heterocycles. The van der Waals surface area contributed by atoms with E-state index in [2.05, 4.69) is 30.5 Å². The van der Waals surface area contributed by atoms with E-state index in [4.69, 9.17) is 10.5 Å². The van der Waals surface area contributed by atoms with Crippen molar-refractivity contribution < 1.29 is 20.3 Å². The first kappa shape index (κ1) is 14.9. The minimum absolute atomic E-state index is 0.447. The highest BCUT2D eigenvalue weighted by Gasteiger charge is 2.31. The minimum Gasteiger partial charge on any atom is -0.249 e. The maximum atomic E-state index is 8.40. The second-order valence-electron chi connectivity index (χ2n) is 6.35. The first-order valence-electron chi connectivity index (χ1n) is 6.57. The van der Waals surface area contributed by atoms with E-state index >= 15 is 0 Å². The second-order valence-corrected chi connectivity index (χ2v) is 6.35. The highest BCUT2D eigenvalue weighted by Crippen LogP contribution is 2.43. The molecule has 0 aliphatic heterocycles. The molecule has 1 rings (SSSR count). The fourth-order valence-corrected chi connectivity index (χ4v) is 3.46. The summed E-state index contributed by atoms with van der Waals surface area (Å²) in [6.07, 6.45) is 5.50. The van der Waals surface area contributed by atoms with Gasteiger partial charge in [-0.05, 0) is 42.9 Å². The van der Waals surface area contributed by atoms with Gasteiger partial charge in [-0.1, -0.05) is 27.2 Å². The summed E-state index contributed by atoms with van der Waals surface area (Å²) in [5, 5.41) is 16.8. The Morgan fingerprint density at radius 2 is 1.88 bits per heavy atom. The van der Waals surface area contributed by atoms with Gasteiger partial charge in [-0.2, -0.15) is 0 Å². The Bertz CT molecular complexity index is 213. The van der Waals surface area contributed by atoms with Crippen molar-refractivity contribution >= 4 is 0 Å². The molecule has 1 fully saturated rings. The lowest BCUT2D eigenvalue weighted by Gasteiger charge is -2.39. The fourth-order valence-electron chi connectivity index (χ4n) is 3.46. The van der Waals surface area contributed by atoms with E-state index < -0.39 is 6.29 Å². The Hall–Kier alpha value is -0.160. The van der Waals surface area contributed by atoms with Crippen LogP contribution in [0.4, 0.5) is 0 Å². The Balaban J connectivity index is 2.27. The summed E-state index contributed by atoms with van der Waals surface area (Å²) >= 11 is 0. The van der Waals surface area contributed by atoms with Crippen molar-refractivity contribution in [3.63, 3.8) is 0 Å². The first-order chi connectivity index (χ1) is 7.96. The zero-order valence-corrected chi connectivity index (χ0v) is 11.2. The van der Waals surface area contributed by atoms with Crippen molar-refractivity contribution in [3.05, 3.63) is 0 Å². The van der Waals surface area contributed by atoms with Crippen LogP contribution < -0.4 is 0 Å². The van der Waals surface area contributed by atoms with Gasteiger partial charge in [-0.15, -0.1) is 0 Å². The standard InChI is InChI=1S/C13H26O4/c1-10-7-11(9-13(2,3)8-10)5-4-6-12(16-14)17-15/h10-12,14-15H,4-9H2,1-3H3. The van der Waals surface area contributed by atoms with Gasteiger partial charge >= 0.3 is 0 Å². The number of rotatable bonds is 6. The molecule has 0 heterocycles. The van der Waals surface area contributed by atoms with E-state index in [1.54, 1.807) is 0 Å². The second kappa shape index (κ2) is 6.69. The van der Waals surface area contributed by atoms with E-state index in [0.29, 0.717) is 11.8 Å². The van der Waals surface area contributed by atoms with Gasteiger partial charge < -0.3 is 0 Å². The molecular formula is C13H26O4. The van der Waals surface area contributed by atoms with Gasteiger partial charge in [-0.3, -0.25) is 0 Å². The summed E-state index contributed by atoms with van der Waals surface area (Å²) in [7, 11) is 0. The third-order valence-electron chi connectivity index (χ3n) is 3.77. The Labute approximate surface area is 104 Å². The van der Waals surface area contributed by atoms with E-state index in [9.17, 15) is 0 Å². The lowest BCUT2D eigenvalue weighted by molar-refractivity contribution is -0.432. The third kappa shape index (κ3) is 5.34. The van der Waals surface area contributed by atoms with E-state index in [0.717, 1.165) is 24.7 Å². The maximum absolute atomic E-state index is 8.40. The topological polar surface area (TPSA) is 58.9 Å². The summed E-state index contributed by atoms with van der Waals surface area (Å²) < 4.78 is 0. The van der Waals surface area contributed by atoms with Gasteiger partial charge in [0, 0.05) is 6.42 Å². The molecule has 0 spiro atoms. The van der Waals surface area contributed by atoms with Crippen LogP contribution in [-0.2, 0) is 9.78 Å². The summed E-state index contributed by atoms with van der Waals surface area (Å²) in [5.74, 6) is 1.54. The molecule has 0 amide bonds. The van der Waals surface area contributed by atoms with Crippen molar-refractivity contribution in [2.45, 2.75) is 65.6 Å². The van der Waals surface area contributed by atoms with Crippen molar-refractivity contribution in [1.82, 2.24) is 0 Å². The highest BCUT2D eigenvalue weighted by molar-refractivity contribution is 4.82. The molecule has 4 heteroatoms. The molecular weight excluding hydrogens is 220 g/mol. The predicted molar refractivity (Wildman–Crippen MR) is 65.4 cm³/mol. The van der Waals surface area contributed by atoms with E-state index in [1.807, 2.05) is 0 Å². The van der Waals surface area contributed by atoms with Gasteiger partial charge in [0.05, 0.1) is 0 Å². The molecule has 2 unspecified atom stereocenters. The highest BCUT2D eigenvalue weighted by atomic mass is 17.2. The van der Waals surface area contributed by atoms with Crippen molar-refractivity contribution in [2.75, 3.05) is 0 Å². The monoisotopic (exact) mass is 246 g/mol. The summed E-state index contributed by atoms with van der Waals surface area (Å²) in [5.41, 5.74) is 0.447. The number of hydrogen-bond acceptors (Lipinski definition) is 4. The van der Waals surface area contributed by atoms with Crippen LogP contribution in [0.1, 0.15) is 59.3 Å². The van der Waals surface area contributed by atoms with Crippen LogP contribution in [0.2, 0.25) is 0 Å². The van der Waals surface area contributed by atoms with Gasteiger partial charge in [0.2, 0.25) is 6.29 Å². The quantitative estimate of drug-likeness (QED) is 0.423. The molecule has 2 atom stereocenters. The maximum Gasteiger partial charge on any atom is 0.223 e. The average Bonchev–Trinajstić information content (AvgIpc) is 2.21. The molecule has 1 aliphatic carbocycles. The van der Waals surface area contributed by atoms with Crippen LogP contribution in [0, 0.1) is 17.3 Å². The minimum atomic E-state index is -0.899. The zero-order chi connectivity index (χ0) is 12.9. The molecule has 17 heavy (non-hydrogen) atoms. The molecule has 0 aromatic carbocycles. The summed E-state index contributed by atoms with van der Waals surface area (Å²) in [6, 6.07) is 0. The lowest BCUT2D eigenvalue weighted by Crippen LogP contribution is -2.27. The predicted octanol–water partition coefficient (Wildman–Crippen LogP) is 3.92. The largest absolute Gasteiger partial charge is 0.249 e. The Morgan fingerprint density at radius 1 is 1.24 bits per heavy atom. The average molecular weight is 246 g/mol. The van der Waals surface area contributed by atoms with Crippen LogP contribution in [0.25, 0.3) is 0 Å². The summed E-state index contributed by atoms with van der Waals surface area (Å²) in [4.78, 5) is 7.96. The normalized spacial score (nSPS) is 28.6. The fraction of sp³-hybridized carbons (Fsp3) is 1.00. The first-order valence-corrected chi connectivity index (χ1v) is 6.57. The van der Waals surface area contributed by atoms with E-state index in [-0.39, 0.29) is 0 Å².